The third-order valence-corrected chi connectivity index (χ3v) is 5.35. The summed E-state index contributed by atoms with van der Waals surface area (Å²) in [6.07, 6.45) is 8.74. The summed E-state index contributed by atoms with van der Waals surface area (Å²) in [6.45, 7) is 4.56. The van der Waals surface area contributed by atoms with E-state index in [1.54, 1.807) is 0 Å². The first-order valence-electron chi connectivity index (χ1n) is 8.37. The van der Waals surface area contributed by atoms with Crippen molar-refractivity contribution in [2.45, 2.75) is 56.8 Å². The average molecular weight is 282 g/mol. The summed E-state index contributed by atoms with van der Waals surface area (Å²) in [7, 11) is 1.88. The van der Waals surface area contributed by atoms with Gasteiger partial charge in [-0.3, -0.25) is 10.3 Å². The molecule has 20 heavy (non-hydrogen) atoms. The summed E-state index contributed by atoms with van der Waals surface area (Å²) in [4.78, 5) is 2.56. The molecule has 0 aromatic heterocycles. The lowest BCUT2D eigenvalue weighted by Crippen LogP contribution is -2.63. The van der Waals surface area contributed by atoms with Gasteiger partial charge in [-0.15, -0.1) is 0 Å². The highest BCUT2D eigenvalue weighted by Crippen LogP contribution is 2.31. The molecule has 3 N–H and O–H groups in total. The molecule has 2 heterocycles. The number of hydrogen-bond donors (Lipinski definition) is 3. The predicted molar refractivity (Wildman–Crippen MR) is 80.3 cm³/mol. The van der Waals surface area contributed by atoms with E-state index in [9.17, 15) is 0 Å². The maximum Gasteiger partial charge on any atom is 0.0730 e. The number of hydrogen-bond acceptors (Lipinski definition) is 5. The van der Waals surface area contributed by atoms with Gasteiger partial charge in [-0.05, 0) is 25.7 Å². The second-order valence-electron chi connectivity index (χ2n) is 6.50. The third kappa shape index (κ3) is 3.34. The molecule has 2 aliphatic heterocycles. The normalized spacial score (nSPS) is 40.6. The van der Waals surface area contributed by atoms with Crippen LogP contribution in [-0.2, 0) is 4.74 Å². The molecule has 1 aliphatic carbocycles. The molecule has 2 saturated heterocycles. The van der Waals surface area contributed by atoms with E-state index in [1.165, 1.54) is 38.5 Å². The van der Waals surface area contributed by atoms with Crippen molar-refractivity contribution in [3.05, 3.63) is 0 Å². The Bertz CT molecular complexity index is 288. The Morgan fingerprint density at radius 3 is 2.45 bits per heavy atom. The van der Waals surface area contributed by atoms with E-state index in [0.29, 0.717) is 24.2 Å². The second-order valence-corrected chi connectivity index (χ2v) is 6.50. The van der Waals surface area contributed by atoms with E-state index >= 15 is 0 Å². The van der Waals surface area contributed by atoms with Gasteiger partial charge in [0.1, 0.15) is 0 Å². The van der Waals surface area contributed by atoms with Gasteiger partial charge in [0, 0.05) is 45.2 Å². The Kier molecular flexibility index (Phi) is 5.29. The van der Waals surface area contributed by atoms with Crippen LogP contribution in [0.1, 0.15) is 38.5 Å². The largest absolute Gasteiger partial charge is 0.381 e. The number of hydrazine groups is 1. The first-order valence-corrected chi connectivity index (χ1v) is 8.37. The zero-order chi connectivity index (χ0) is 13.8. The van der Waals surface area contributed by atoms with Crippen LogP contribution in [0.4, 0.5) is 0 Å². The van der Waals surface area contributed by atoms with Gasteiger partial charge in [0.25, 0.3) is 0 Å². The fourth-order valence-electron chi connectivity index (χ4n) is 4.15. The van der Waals surface area contributed by atoms with Crippen molar-refractivity contribution < 1.29 is 4.74 Å². The van der Waals surface area contributed by atoms with Gasteiger partial charge >= 0.3 is 0 Å². The number of piperazine rings is 1. The molecule has 0 amide bonds. The topological polar surface area (TPSA) is 48.6 Å². The molecular weight excluding hydrogens is 252 g/mol. The standard InChI is InChI=1S/C15H30N4O/c1-20-14-5-3-2-4-12(14)13-6-7-15(18-17-13)19-10-8-16-9-11-19/h12-18H,2-11H2,1H3. The van der Waals surface area contributed by atoms with E-state index in [4.69, 9.17) is 4.74 Å². The van der Waals surface area contributed by atoms with Gasteiger partial charge < -0.3 is 10.1 Å². The summed E-state index contributed by atoms with van der Waals surface area (Å²) in [5.41, 5.74) is 7.18. The molecule has 3 aliphatic rings. The summed E-state index contributed by atoms with van der Waals surface area (Å²) in [5.74, 6) is 0.685. The van der Waals surface area contributed by atoms with E-state index in [-0.39, 0.29) is 0 Å². The number of ether oxygens (including phenoxy) is 1. The molecule has 1 saturated carbocycles. The third-order valence-electron chi connectivity index (χ3n) is 5.35. The van der Waals surface area contributed by atoms with Crippen LogP contribution in [-0.4, -0.2) is 56.5 Å². The van der Waals surface area contributed by atoms with Gasteiger partial charge in [-0.1, -0.05) is 12.8 Å². The molecule has 116 valence electrons. The molecule has 4 atom stereocenters. The fraction of sp³-hybridized carbons (Fsp3) is 1.00. The monoisotopic (exact) mass is 282 g/mol. The molecule has 0 bridgehead atoms. The number of rotatable bonds is 3. The van der Waals surface area contributed by atoms with Crippen molar-refractivity contribution in [2.75, 3.05) is 33.3 Å². The summed E-state index contributed by atoms with van der Waals surface area (Å²) < 4.78 is 5.71. The fourth-order valence-corrected chi connectivity index (χ4v) is 4.15. The van der Waals surface area contributed by atoms with Crippen molar-refractivity contribution in [1.29, 1.82) is 0 Å². The van der Waals surface area contributed by atoms with Gasteiger partial charge in [0.05, 0.1) is 12.3 Å². The minimum absolute atomic E-state index is 0.457. The van der Waals surface area contributed by atoms with Crippen LogP contribution in [0.15, 0.2) is 0 Å². The van der Waals surface area contributed by atoms with Crippen LogP contribution in [0, 0.1) is 5.92 Å². The van der Waals surface area contributed by atoms with Crippen LogP contribution < -0.4 is 16.2 Å². The first kappa shape index (κ1) is 14.7. The highest BCUT2D eigenvalue weighted by atomic mass is 16.5. The molecule has 0 aromatic carbocycles. The van der Waals surface area contributed by atoms with Crippen LogP contribution in [0.3, 0.4) is 0 Å². The van der Waals surface area contributed by atoms with Crippen LogP contribution in [0.25, 0.3) is 0 Å². The molecule has 3 rings (SSSR count). The van der Waals surface area contributed by atoms with Crippen molar-refractivity contribution in [2.24, 2.45) is 5.92 Å². The summed E-state index contributed by atoms with van der Waals surface area (Å²) in [6, 6.07) is 0.583. The average Bonchev–Trinajstić information content (AvgIpc) is 2.56. The first-order chi connectivity index (χ1) is 9.88. The molecule has 3 fully saturated rings. The lowest BCUT2D eigenvalue weighted by Gasteiger charge is -2.44. The van der Waals surface area contributed by atoms with E-state index in [0.717, 1.165) is 26.2 Å². The number of nitrogens with zero attached hydrogens (tertiary/aromatic N) is 1. The number of methoxy groups -OCH3 is 1. The SMILES string of the molecule is COC1CCCCC1C1CCC(N2CCNCC2)NN1. The molecule has 0 spiro atoms. The van der Waals surface area contributed by atoms with Crippen molar-refractivity contribution in [3.63, 3.8) is 0 Å². The lowest BCUT2D eigenvalue weighted by molar-refractivity contribution is -0.0116. The van der Waals surface area contributed by atoms with Gasteiger partial charge in [-0.25, -0.2) is 5.43 Å². The quantitative estimate of drug-likeness (QED) is 0.711. The zero-order valence-corrected chi connectivity index (χ0v) is 12.7. The molecular formula is C15H30N4O. The molecule has 5 nitrogen and oxygen atoms in total. The van der Waals surface area contributed by atoms with Crippen LogP contribution in [0.2, 0.25) is 0 Å². The Hall–Kier alpha value is -0.200. The minimum atomic E-state index is 0.457. The van der Waals surface area contributed by atoms with Crippen molar-refractivity contribution in [3.8, 4) is 0 Å². The van der Waals surface area contributed by atoms with E-state index in [1.807, 2.05) is 7.11 Å². The van der Waals surface area contributed by atoms with E-state index in [2.05, 4.69) is 21.1 Å². The van der Waals surface area contributed by atoms with E-state index < -0.39 is 0 Å². The molecule has 0 aromatic rings. The zero-order valence-electron chi connectivity index (χ0n) is 12.7. The van der Waals surface area contributed by atoms with Crippen molar-refractivity contribution in [1.82, 2.24) is 21.1 Å². The Morgan fingerprint density at radius 1 is 0.950 bits per heavy atom. The smallest absolute Gasteiger partial charge is 0.0730 e. The lowest BCUT2D eigenvalue weighted by atomic mass is 9.79. The van der Waals surface area contributed by atoms with Gasteiger partial charge in [0.2, 0.25) is 0 Å². The summed E-state index contributed by atoms with van der Waals surface area (Å²) in [5, 5.41) is 3.42. The molecule has 5 heteroatoms. The maximum atomic E-state index is 5.71. The summed E-state index contributed by atoms with van der Waals surface area (Å²) >= 11 is 0. The Balaban J connectivity index is 1.49. The number of nitrogens with one attached hydrogen (secondary N) is 3. The van der Waals surface area contributed by atoms with Crippen LogP contribution >= 0.6 is 0 Å². The highest BCUT2D eigenvalue weighted by Gasteiger charge is 2.35. The maximum absolute atomic E-state index is 5.71. The predicted octanol–water partition coefficient (Wildman–Crippen LogP) is 0.680. The molecule has 4 unspecified atom stereocenters. The van der Waals surface area contributed by atoms with Crippen LogP contribution in [0.5, 0.6) is 0 Å². The van der Waals surface area contributed by atoms with Gasteiger partial charge in [-0.2, -0.15) is 0 Å². The highest BCUT2D eigenvalue weighted by molar-refractivity contribution is 4.89. The Labute approximate surface area is 122 Å². The van der Waals surface area contributed by atoms with Crippen molar-refractivity contribution >= 4 is 0 Å². The second kappa shape index (κ2) is 7.18. The van der Waals surface area contributed by atoms with Gasteiger partial charge in [0.15, 0.2) is 0 Å². The molecule has 0 radical (unpaired) electrons. The minimum Gasteiger partial charge on any atom is -0.381 e. The Morgan fingerprint density at radius 2 is 1.75 bits per heavy atom.